The van der Waals surface area contributed by atoms with Crippen LogP contribution >= 0.6 is 22.7 Å². The highest BCUT2D eigenvalue weighted by atomic mass is 32.1. The number of hydrogen-bond donors (Lipinski definition) is 1. The molecule has 2 heterocycles. The zero-order valence-corrected chi connectivity index (χ0v) is 12.8. The molecule has 0 aliphatic heterocycles. The van der Waals surface area contributed by atoms with Crippen LogP contribution in [0.15, 0.2) is 35.0 Å². The Hall–Kier alpha value is -1.08. The molecule has 0 bridgehead atoms. The minimum atomic E-state index is 0.164. The molecule has 2 atom stereocenters. The van der Waals surface area contributed by atoms with Crippen molar-refractivity contribution >= 4 is 22.7 Å². The molecule has 2 aromatic rings. The fourth-order valence-corrected chi connectivity index (χ4v) is 3.65. The Balaban J connectivity index is 2.08. The van der Waals surface area contributed by atoms with Gasteiger partial charge in [0, 0.05) is 22.2 Å². The fourth-order valence-electron chi connectivity index (χ4n) is 2.11. The van der Waals surface area contributed by atoms with E-state index in [1.165, 1.54) is 9.75 Å². The Bertz CT molecular complexity index is 493. The third-order valence-electron chi connectivity index (χ3n) is 3.05. The molecule has 0 aliphatic rings. The molecule has 0 radical (unpaired) electrons. The average Bonchev–Trinajstić information content (AvgIpc) is 3.10. The van der Waals surface area contributed by atoms with Gasteiger partial charge in [0.1, 0.15) is 0 Å². The van der Waals surface area contributed by atoms with Crippen LogP contribution in [-0.2, 0) is 6.42 Å². The summed E-state index contributed by atoms with van der Waals surface area (Å²) in [7, 11) is 0. The zero-order chi connectivity index (χ0) is 13.5. The average molecular weight is 289 g/mol. The fraction of sp³-hybridized carbons (Fsp3) is 0.375. The molecule has 0 spiro atoms. The lowest BCUT2D eigenvalue weighted by molar-refractivity contribution is 0.474. The third-order valence-corrected chi connectivity index (χ3v) is 4.94. The molecule has 0 aromatic carbocycles. The lowest BCUT2D eigenvalue weighted by Gasteiger charge is -2.21. The molecular formula is C16H19NS2. The zero-order valence-electron chi connectivity index (χ0n) is 11.1. The van der Waals surface area contributed by atoms with Crippen molar-refractivity contribution in [1.82, 2.24) is 5.32 Å². The van der Waals surface area contributed by atoms with E-state index < -0.39 is 0 Å². The van der Waals surface area contributed by atoms with Crippen LogP contribution in [0.5, 0.6) is 0 Å². The van der Waals surface area contributed by atoms with E-state index >= 15 is 0 Å². The Kier molecular flexibility index (Phi) is 5.65. The Morgan fingerprint density at radius 3 is 2.63 bits per heavy atom. The third kappa shape index (κ3) is 4.21. The van der Waals surface area contributed by atoms with E-state index in [9.17, 15) is 0 Å². The quantitative estimate of drug-likeness (QED) is 0.741. The van der Waals surface area contributed by atoms with Crippen LogP contribution in [0.4, 0.5) is 0 Å². The first-order valence-electron chi connectivity index (χ1n) is 6.61. The Labute approximate surface area is 123 Å². The largest absolute Gasteiger partial charge is 0.296 e. The summed E-state index contributed by atoms with van der Waals surface area (Å²) in [4.78, 5) is 2.77. The smallest absolute Gasteiger partial charge is 0.0691 e. The van der Waals surface area contributed by atoms with Crippen LogP contribution in [0.3, 0.4) is 0 Å². The molecule has 19 heavy (non-hydrogen) atoms. The summed E-state index contributed by atoms with van der Waals surface area (Å²) in [6, 6.07) is 9.08. The monoisotopic (exact) mass is 289 g/mol. The van der Waals surface area contributed by atoms with E-state index in [-0.39, 0.29) is 6.04 Å². The SMILES string of the molecule is C#CC(CCC)NC(Cc1cccs1)c1cccs1. The second-order valence-electron chi connectivity index (χ2n) is 4.53. The maximum absolute atomic E-state index is 5.63. The van der Waals surface area contributed by atoms with Gasteiger partial charge in [-0.05, 0) is 29.3 Å². The minimum Gasteiger partial charge on any atom is -0.296 e. The number of rotatable bonds is 7. The van der Waals surface area contributed by atoms with Crippen molar-refractivity contribution < 1.29 is 0 Å². The van der Waals surface area contributed by atoms with E-state index in [1.54, 1.807) is 11.3 Å². The van der Waals surface area contributed by atoms with Crippen molar-refractivity contribution in [3.05, 3.63) is 44.8 Å². The summed E-state index contributed by atoms with van der Waals surface area (Å²) in [5.74, 6) is 2.87. The van der Waals surface area contributed by atoms with Crippen molar-refractivity contribution in [2.45, 2.75) is 38.3 Å². The predicted molar refractivity (Wildman–Crippen MR) is 85.7 cm³/mol. The normalized spacial score (nSPS) is 13.9. The molecule has 0 aliphatic carbocycles. The minimum absolute atomic E-state index is 0.164. The summed E-state index contributed by atoms with van der Waals surface area (Å²) < 4.78 is 0. The second-order valence-corrected chi connectivity index (χ2v) is 6.54. The molecule has 1 N–H and O–H groups in total. The van der Waals surface area contributed by atoms with Crippen LogP contribution < -0.4 is 5.32 Å². The highest BCUT2D eigenvalue weighted by Crippen LogP contribution is 2.25. The first-order chi connectivity index (χ1) is 9.33. The maximum Gasteiger partial charge on any atom is 0.0691 e. The van der Waals surface area contributed by atoms with Gasteiger partial charge in [-0.15, -0.1) is 29.1 Å². The van der Waals surface area contributed by atoms with Crippen molar-refractivity contribution in [3.8, 4) is 12.3 Å². The standard InChI is InChI=1S/C16H19NS2/c1-3-7-13(4-2)17-15(16-9-6-11-19-16)12-14-8-5-10-18-14/h2,5-6,8-11,13,15,17H,3,7,12H2,1H3. The predicted octanol–water partition coefficient (Wildman–Crippen LogP) is 4.48. The van der Waals surface area contributed by atoms with Crippen molar-refractivity contribution in [1.29, 1.82) is 0 Å². The van der Waals surface area contributed by atoms with Crippen LogP contribution in [0, 0.1) is 12.3 Å². The topological polar surface area (TPSA) is 12.0 Å². The molecule has 0 amide bonds. The lowest BCUT2D eigenvalue weighted by Crippen LogP contribution is -2.32. The van der Waals surface area contributed by atoms with Gasteiger partial charge >= 0.3 is 0 Å². The van der Waals surface area contributed by atoms with E-state index in [0.717, 1.165) is 19.3 Å². The van der Waals surface area contributed by atoms with Crippen molar-refractivity contribution in [2.75, 3.05) is 0 Å². The van der Waals surface area contributed by atoms with Crippen molar-refractivity contribution in [2.24, 2.45) is 0 Å². The highest BCUT2D eigenvalue weighted by molar-refractivity contribution is 7.10. The van der Waals surface area contributed by atoms with Crippen LogP contribution in [0.1, 0.15) is 35.6 Å². The molecule has 0 saturated heterocycles. The van der Waals surface area contributed by atoms with Gasteiger partial charge in [0.15, 0.2) is 0 Å². The molecule has 3 heteroatoms. The molecule has 2 rings (SSSR count). The number of hydrogen-bond acceptors (Lipinski definition) is 3. The molecule has 0 saturated carbocycles. The number of thiophene rings is 2. The lowest BCUT2D eigenvalue weighted by atomic mass is 10.1. The molecule has 100 valence electrons. The van der Waals surface area contributed by atoms with Gasteiger partial charge in [0.05, 0.1) is 6.04 Å². The molecule has 2 aromatic heterocycles. The number of terminal acetylenes is 1. The van der Waals surface area contributed by atoms with Gasteiger partial charge in [-0.3, -0.25) is 5.32 Å². The summed E-state index contributed by atoms with van der Waals surface area (Å²) >= 11 is 3.61. The first kappa shape index (κ1) is 14.3. The van der Waals surface area contributed by atoms with E-state index in [4.69, 9.17) is 6.42 Å². The van der Waals surface area contributed by atoms with Crippen LogP contribution in [-0.4, -0.2) is 6.04 Å². The van der Waals surface area contributed by atoms with Gasteiger partial charge < -0.3 is 0 Å². The first-order valence-corrected chi connectivity index (χ1v) is 8.37. The maximum atomic E-state index is 5.63. The van der Waals surface area contributed by atoms with E-state index in [2.05, 4.69) is 53.2 Å². The van der Waals surface area contributed by atoms with E-state index in [1.807, 2.05) is 11.3 Å². The van der Waals surface area contributed by atoms with Gasteiger partial charge in [-0.25, -0.2) is 0 Å². The molecule has 1 nitrogen and oxygen atoms in total. The second kappa shape index (κ2) is 7.49. The van der Waals surface area contributed by atoms with Crippen molar-refractivity contribution in [3.63, 3.8) is 0 Å². The molecular weight excluding hydrogens is 270 g/mol. The number of nitrogens with one attached hydrogen (secondary N) is 1. The van der Waals surface area contributed by atoms with Gasteiger partial charge in [-0.2, -0.15) is 0 Å². The van der Waals surface area contributed by atoms with Gasteiger partial charge in [-0.1, -0.05) is 31.4 Å². The summed E-state index contributed by atoms with van der Waals surface area (Å²) in [5.41, 5.74) is 0. The molecule has 0 fully saturated rings. The van der Waals surface area contributed by atoms with Crippen LogP contribution in [0.25, 0.3) is 0 Å². The molecule has 2 unspecified atom stereocenters. The van der Waals surface area contributed by atoms with Gasteiger partial charge in [0.25, 0.3) is 0 Å². The summed E-state index contributed by atoms with van der Waals surface area (Å²) in [6.45, 7) is 2.17. The Morgan fingerprint density at radius 1 is 1.26 bits per heavy atom. The van der Waals surface area contributed by atoms with Crippen LogP contribution in [0.2, 0.25) is 0 Å². The van der Waals surface area contributed by atoms with E-state index in [0.29, 0.717) is 6.04 Å². The summed E-state index contributed by atoms with van der Waals surface area (Å²) in [6.07, 6.45) is 8.78. The highest BCUT2D eigenvalue weighted by Gasteiger charge is 2.17. The van der Waals surface area contributed by atoms with Gasteiger partial charge in [0.2, 0.25) is 0 Å². The Morgan fingerprint density at radius 2 is 2.05 bits per heavy atom. The summed E-state index contributed by atoms with van der Waals surface area (Å²) in [5, 5.41) is 7.88.